The van der Waals surface area contributed by atoms with E-state index < -0.39 is 70.1 Å². The second-order valence-electron chi connectivity index (χ2n) is 16.7. The van der Waals surface area contributed by atoms with Gasteiger partial charge < -0.3 is 31.9 Å². The highest BCUT2D eigenvalue weighted by Gasteiger charge is 2.70. The van der Waals surface area contributed by atoms with Crippen molar-refractivity contribution in [1.82, 2.24) is 26.2 Å². The Morgan fingerprint density at radius 2 is 1.34 bits per heavy atom. The lowest BCUT2D eigenvalue weighted by Crippen LogP contribution is -2.64. The van der Waals surface area contributed by atoms with Crippen LogP contribution in [0, 0.1) is 34.0 Å². The first-order chi connectivity index (χ1) is 19.9. The lowest BCUT2D eigenvalue weighted by atomic mass is 9.78. The Kier molecular flexibility index (Phi) is 9.60. The van der Waals surface area contributed by atoms with Gasteiger partial charge in [0.25, 0.3) is 5.91 Å². The first-order valence-electron chi connectivity index (χ1n) is 15.7. The van der Waals surface area contributed by atoms with Crippen molar-refractivity contribution in [3.05, 3.63) is 0 Å². The smallest absolute Gasteiger partial charge is 0.316 e. The second-order valence-corrected chi connectivity index (χ2v) is 16.7. The average molecular weight is 619 g/mol. The van der Waals surface area contributed by atoms with Crippen molar-refractivity contribution in [2.75, 3.05) is 6.54 Å². The third-order valence-electron chi connectivity index (χ3n) is 9.49. The van der Waals surface area contributed by atoms with Crippen molar-refractivity contribution in [2.24, 2.45) is 39.7 Å². The van der Waals surface area contributed by atoms with Gasteiger partial charge >= 0.3 is 6.03 Å². The number of urea groups is 1. The van der Waals surface area contributed by atoms with E-state index in [2.05, 4.69) is 21.3 Å². The van der Waals surface area contributed by atoms with Gasteiger partial charge in [0.2, 0.25) is 23.5 Å². The molecule has 2 aliphatic carbocycles. The van der Waals surface area contributed by atoms with Crippen LogP contribution < -0.4 is 27.0 Å². The van der Waals surface area contributed by atoms with E-state index in [0.717, 1.165) is 6.42 Å². The molecule has 0 bridgehead atoms. The number of hydrogen-bond donors (Lipinski definition) is 5. The van der Waals surface area contributed by atoms with E-state index in [1.165, 1.54) is 4.90 Å². The molecule has 6 atom stereocenters. The fourth-order valence-corrected chi connectivity index (χ4v) is 6.61. The summed E-state index contributed by atoms with van der Waals surface area (Å²) in [5.41, 5.74) is 3.22. The number of fused-ring (bicyclic) bond motifs is 1. The molecule has 12 nitrogen and oxygen atoms in total. The molecular weight excluding hydrogens is 564 g/mol. The van der Waals surface area contributed by atoms with Crippen LogP contribution in [0.1, 0.15) is 95.4 Å². The quantitative estimate of drug-likeness (QED) is 0.246. The number of piperidine rings is 1. The average Bonchev–Trinajstić information content (AvgIpc) is 3.14. The number of likely N-dealkylation sites (tertiary alicyclic amines) is 1. The number of nitrogens with two attached hydrogens (primary N) is 1. The Morgan fingerprint density at radius 3 is 1.77 bits per heavy atom. The van der Waals surface area contributed by atoms with E-state index in [1.54, 1.807) is 0 Å². The van der Waals surface area contributed by atoms with E-state index in [-0.39, 0.29) is 29.1 Å². The van der Waals surface area contributed by atoms with Crippen molar-refractivity contribution < 1.29 is 28.8 Å². The number of primary amides is 1. The van der Waals surface area contributed by atoms with Crippen LogP contribution in [-0.2, 0) is 24.0 Å². The van der Waals surface area contributed by atoms with Gasteiger partial charge in [-0.3, -0.25) is 24.0 Å². The minimum Gasteiger partial charge on any atom is -0.363 e. The molecule has 3 aliphatic rings. The van der Waals surface area contributed by atoms with Gasteiger partial charge in [-0.1, -0.05) is 61.8 Å². The molecule has 0 aromatic rings. The molecule has 0 spiro atoms. The molecular formula is C32H54N6O6. The van der Waals surface area contributed by atoms with Gasteiger partial charge in [-0.05, 0) is 67.6 Å². The minimum absolute atomic E-state index is 0.0667. The van der Waals surface area contributed by atoms with Crippen LogP contribution in [0.4, 0.5) is 4.79 Å². The second kappa shape index (κ2) is 12.0. The SMILES string of the molecule is CC(C)(C)NC(=O)[C@@H](NC(=O)N[C@H](C(=O)N1C[C@H]2[C@@H]([C@H]1C(=O)NC(C(=O)C(N)=O)C1CCC1)C2(C)C)C(C)(C)C)C(C)(C)C. The summed E-state index contributed by atoms with van der Waals surface area (Å²) in [6, 6.07) is -4.49. The number of nitrogens with one attached hydrogen (secondary N) is 4. The van der Waals surface area contributed by atoms with Gasteiger partial charge in [0.15, 0.2) is 0 Å². The molecule has 0 aromatic heterocycles. The number of hydrogen-bond acceptors (Lipinski definition) is 6. The summed E-state index contributed by atoms with van der Waals surface area (Å²) >= 11 is 0. The number of carbonyl (C=O) groups excluding carboxylic acids is 6. The maximum Gasteiger partial charge on any atom is 0.316 e. The van der Waals surface area contributed by atoms with Gasteiger partial charge in [0, 0.05) is 12.1 Å². The fourth-order valence-electron chi connectivity index (χ4n) is 6.61. The summed E-state index contributed by atoms with van der Waals surface area (Å²) in [4.78, 5) is 80.5. The molecule has 0 aromatic carbocycles. The first kappa shape index (κ1) is 35.3. The Morgan fingerprint density at radius 1 is 0.818 bits per heavy atom. The normalized spacial score (nSPS) is 25.0. The van der Waals surface area contributed by atoms with Gasteiger partial charge in [-0.25, -0.2) is 4.79 Å². The lowest BCUT2D eigenvalue weighted by Gasteiger charge is -2.39. The standard InChI is InChI=1S/C32H54N6O6/c1-29(2,3)22(26(42)37-31(7,8)9)35-28(44)36-23(30(4,5)6)27(43)38-15-17-18(32(17,10)11)20(38)25(41)34-19(16-13-12-14-16)21(39)24(33)40/h16-20,22-23H,12-15H2,1-11H3,(H2,33,40)(H,34,41)(H,37,42)(H2,35,36,44)/t17-,18-,19?,20-,22+,23+/m0/s1. The molecule has 2 saturated carbocycles. The predicted octanol–water partition coefficient (Wildman–Crippen LogP) is 1.85. The molecule has 6 amide bonds. The van der Waals surface area contributed by atoms with Crippen LogP contribution in [0.2, 0.25) is 0 Å². The van der Waals surface area contributed by atoms with Crippen molar-refractivity contribution >= 4 is 35.4 Å². The Labute approximate surface area is 261 Å². The fraction of sp³-hybridized carbons (Fsp3) is 0.812. The number of carbonyl (C=O) groups is 6. The molecule has 3 fully saturated rings. The van der Waals surface area contributed by atoms with E-state index in [4.69, 9.17) is 5.73 Å². The van der Waals surface area contributed by atoms with Crippen LogP contribution in [0.25, 0.3) is 0 Å². The largest absolute Gasteiger partial charge is 0.363 e. The summed E-state index contributed by atoms with van der Waals surface area (Å²) in [6.07, 6.45) is 2.29. The molecule has 248 valence electrons. The summed E-state index contributed by atoms with van der Waals surface area (Å²) in [6.45, 7) is 20.9. The predicted molar refractivity (Wildman–Crippen MR) is 166 cm³/mol. The number of nitrogens with zero attached hydrogens (tertiary/aromatic N) is 1. The van der Waals surface area contributed by atoms with E-state index >= 15 is 0 Å². The van der Waals surface area contributed by atoms with Crippen molar-refractivity contribution in [2.45, 2.75) is 125 Å². The van der Waals surface area contributed by atoms with Gasteiger partial charge in [0.05, 0.1) is 0 Å². The minimum atomic E-state index is -1.10. The van der Waals surface area contributed by atoms with Gasteiger partial charge in [0.1, 0.15) is 24.2 Å². The Hall–Kier alpha value is -3.18. The van der Waals surface area contributed by atoms with Crippen LogP contribution in [0.3, 0.4) is 0 Å². The third kappa shape index (κ3) is 7.54. The van der Waals surface area contributed by atoms with Crippen LogP contribution in [0.15, 0.2) is 0 Å². The molecule has 1 saturated heterocycles. The molecule has 44 heavy (non-hydrogen) atoms. The van der Waals surface area contributed by atoms with Crippen LogP contribution in [0.5, 0.6) is 0 Å². The van der Waals surface area contributed by atoms with Gasteiger partial charge in [-0.2, -0.15) is 0 Å². The summed E-state index contributed by atoms with van der Waals surface area (Å²) < 4.78 is 0. The summed E-state index contributed by atoms with van der Waals surface area (Å²) in [5.74, 6) is -3.44. The maximum atomic E-state index is 14.2. The van der Waals surface area contributed by atoms with Gasteiger partial charge in [-0.15, -0.1) is 0 Å². The highest BCUT2D eigenvalue weighted by Crippen LogP contribution is 2.65. The lowest BCUT2D eigenvalue weighted by molar-refractivity contribution is -0.145. The monoisotopic (exact) mass is 618 g/mol. The molecule has 1 heterocycles. The highest BCUT2D eigenvalue weighted by molar-refractivity contribution is 6.38. The summed E-state index contributed by atoms with van der Waals surface area (Å²) in [7, 11) is 0. The van der Waals surface area contributed by atoms with Crippen molar-refractivity contribution in [3.8, 4) is 0 Å². The molecule has 1 aliphatic heterocycles. The van der Waals surface area contributed by atoms with Crippen molar-refractivity contribution in [1.29, 1.82) is 0 Å². The Bertz CT molecular complexity index is 1190. The van der Waals surface area contributed by atoms with E-state index in [9.17, 15) is 28.8 Å². The van der Waals surface area contributed by atoms with E-state index in [0.29, 0.717) is 19.4 Å². The van der Waals surface area contributed by atoms with Crippen LogP contribution >= 0.6 is 0 Å². The summed E-state index contributed by atoms with van der Waals surface area (Å²) in [5, 5.41) is 11.3. The van der Waals surface area contributed by atoms with Crippen LogP contribution in [-0.4, -0.2) is 76.6 Å². The first-order valence-corrected chi connectivity index (χ1v) is 15.7. The third-order valence-corrected chi connectivity index (χ3v) is 9.49. The molecule has 6 N–H and O–H groups in total. The molecule has 12 heteroatoms. The zero-order valence-electron chi connectivity index (χ0n) is 28.3. The van der Waals surface area contributed by atoms with Crippen molar-refractivity contribution in [3.63, 3.8) is 0 Å². The maximum absolute atomic E-state index is 14.2. The zero-order chi connectivity index (χ0) is 33.7. The Balaban J connectivity index is 1.84. The topological polar surface area (TPSA) is 180 Å². The molecule has 0 radical (unpaired) electrons. The number of amides is 6. The number of Topliss-reactive ketones (excluding diaryl/α,β-unsaturated/α-hetero) is 1. The van der Waals surface area contributed by atoms with E-state index in [1.807, 2.05) is 76.2 Å². The highest BCUT2D eigenvalue weighted by atomic mass is 16.2. The molecule has 1 unspecified atom stereocenters. The zero-order valence-corrected chi connectivity index (χ0v) is 28.3. The number of rotatable bonds is 9. The number of ketones is 1. The molecule has 3 rings (SSSR count).